The molecule has 0 saturated heterocycles. The monoisotopic (exact) mass is 855 g/mol. The van der Waals surface area contributed by atoms with Crippen molar-refractivity contribution in [2.24, 2.45) is 0 Å². The second kappa shape index (κ2) is 13.4. The molecular weight excluding hydrogens is 823 g/mol. The molecule has 14 rings (SSSR count). The summed E-state index contributed by atoms with van der Waals surface area (Å²) >= 11 is 1.83. The molecule has 0 radical (unpaired) electrons. The molecule has 8 aromatic carbocycles. The maximum Gasteiger partial charge on any atom is 0.241 e. The van der Waals surface area contributed by atoms with E-state index in [1.807, 2.05) is 23.5 Å². The third-order valence-corrected chi connectivity index (χ3v) is 18.4. The summed E-state index contributed by atoms with van der Waals surface area (Å²) in [6.45, 7) is 0. The average Bonchev–Trinajstić information content (AvgIpc) is 4.16. The summed E-state index contributed by atoms with van der Waals surface area (Å²) in [7, 11) is -3.44. The molecule has 0 aliphatic rings. The second-order valence-electron chi connectivity index (χ2n) is 16.2. The predicted octanol–water partition coefficient (Wildman–Crippen LogP) is 9.11. The summed E-state index contributed by atoms with van der Waals surface area (Å²) in [5.74, 6) is 2.38. The molecule has 0 spiro atoms. The Hall–Kier alpha value is -8.25. The lowest BCUT2D eigenvalue weighted by molar-refractivity contribution is 0.887. The Balaban J connectivity index is 1.18. The normalized spacial score (nSPS) is 12.4. The van der Waals surface area contributed by atoms with Crippen molar-refractivity contribution in [1.82, 2.24) is 42.9 Å². The van der Waals surface area contributed by atoms with Crippen LogP contribution in [0.3, 0.4) is 0 Å². The highest BCUT2D eigenvalue weighted by atomic mass is 32.1. The van der Waals surface area contributed by atoms with Crippen molar-refractivity contribution >= 4 is 116 Å². The molecule has 0 amide bonds. The quantitative estimate of drug-likeness (QED) is 0.123. The minimum Gasteiger partial charge on any atom is -0.276 e. The van der Waals surface area contributed by atoms with Crippen LogP contribution in [0.25, 0.3) is 87.8 Å². The lowest BCUT2D eigenvalue weighted by Crippen LogP contribution is -2.76. The van der Waals surface area contributed by atoms with Gasteiger partial charge in [-0.3, -0.25) is 8.80 Å². The largest absolute Gasteiger partial charge is 0.276 e. The van der Waals surface area contributed by atoms with Gasteiger partial charge in [0.15, 0.2) is 0 Å². The van der Waals surface area contributed by atoms with E-state index in [4.69, 9.17) is 24.9 Å². The zero-order valence-corrected chi connectivity index (χ0v) is 35.8. The smallest absolute Gasteiger partial charge is 0.241 e. The number of hydrogen-bond donors (Lipinski definition) is 0. The molecule has 6 aromatic heterocycles. The van der Waals surface area contributed by atoms with Gasteiger partial charge in [-0.15, -0.1) is 11.3 Å². The van der Waals surface area contributed by atoms with Gasteiger partial charge in [-0.25, -0.2) is 29.1 Å². The van der Waals surface area contributed by atoms with Crippen LogP contribution in [-0.4, -0.2) is 50.9 Å². The van der Waals surface area contributed by atoms with Crippen molar-refractivity contribution < 1.29 is 0 Å². The van der Waals surface area contributed by atoms with Crippen LogP contribution in [-0.2, 0) is 0 Å². The number of hydrogen-bond acceptors (Lipinski definition) is 6. The summed E-state index contributed by atoms with van der Waals surface area (Å²) in [5.41, 5.74) is 8.39. The summed E-state index contributed by atoms with van der Waals surface area (Å²) in [6.07, 6.45) is 0. The summed E-state index contributed by atoms with van der Waals surface area (Å²) in [5, 5.41) is 5.95. The Kier molecular flexibility index (Phi) is 7.39. The Morgan fingerprint density at radius 3 is 1.36 bits per heavy atom. The van der Waals surface area contributed by atoms with Gasteiger partial charge in [0.25, 0.3) is 0 Å². The highest BCUT2D eigenvalue weighted by Crippen LogP contribution is 2.34. The van der Waals surface area contributed by atoms with Crippen molar-refractivity contribution in [2.75, 3.05) is 0 Å². The van der Waals surface area contributed by atoms with E-state index in [1.54, 1.807) is 0 Å². The number of aromatic nitrogens is 9. The highest BCUT2D eigenvalue weighted by Gasteiger charge is 2.46. The number of benzene rings is 8. The molecule has 64 heavy (non-hydrogen) atoms. The number of rotatable bonds is 6. The van der Waals surface area contributed by atoms with E-state index >= 15 is 0 Å². The van der Waals surface area contributed by atoms with Gasteiger partial charge < -0.3 is 0 Å². The van der Waals surface area contributed by atoms with Crippen LogP contribution in [0.5, 0.6) is 0 Å². The van der Waals surface area contributed by atoms with Crippen molar-refractivity contribution in [3.8, 4) is 11.9 Å². The minimum absolute atomic E-state index is 0.472. The van der Waals surface area contributed by atoms with E-state index in [-0.39, 0.29) is 0 Å². The van der Waals surface area contributed by atoms with E-state index in [0.717, 1.165) is 66.1 Å². The molecule has 0 bridgehead atoms. The molecule has 9 nitrogen and oxygen atoms in total. The van der Waals surface area contributed by atoms with E-state index in [0.29, 0.717) is 17.3 Å². The standard InChI is InChI=1S/C53H33N9SSi/c1-3-17-34(18-4-1)64(35-19-5-2-6-20-35,36-31-32-48-38(33-36)37-21-7-16-30-47(37)63-48)51-57-49(61-45-28-14-12-26-43(45)59-41-24-10-8-22-39(41)54-52(59)61)56-50(58-51)62-46-29-15-13-27-44(46)60-42-25-11-9-23-40(42)55-53(60)62/h1-33H. The summed E-state index contributed by atoms with van der Waals surface area (Å²) in [6, 6.07) is 70.9. The van der Waals surface area contributed by atoms with Crippen LogP contribution < -0.4 is 21.0 Å². The fraction of sp³-hybridized carbons (Fsp3) is 0. The highest BCUT2D eigenvalue weighted by molar-refractivity contribution is 7.26. The Morgan fingerprint density at radius 2 is 0.797 bits per heavy atom. The average molecular weight is 856 g/mol. The SMILES string of the molecule is c1ccc([Si](c2ccccc2)(c2ccc3sc4ccccc4c3c2)c2nc(-n3c4ccccc4n4c5ccccc5nc34)nc(-n3c4ccccc4n4c5ccccc5nc34)n2)cc1. The number of thiophene rings is 1. The topological polar surface area (TPSA) is 83.1 Å². The number of nitrogens with zero attached hydrogens (tertiary/aromatic N) is 9. The predicted molar refractivity (Wildman–Crippen MR) is 263 cm³/mol. The number of para-hydroxylation sites is 8. The molecule has 14 aromatic rings. The first-order chi connectivity index (χ1) is 31.7. The van der Waals surface area contributed by atoms with Crippen molar-refractivity contribution in [2.45, 2.75) is 0 Å². The molecule has 0 unspecified atom stereocenters. The molecule has 6 heterocycles. The van der Waals surface area contributed by atoms with Crippen molar-refractivity contribution in [1.29, 1.82) is 0 Å². The van der Waals surface area contributed by atoms with Gasteiger partial charge in [-0.1, -0.05) is 140 Å². The minimum atomic E-state index is -3.44. The van der Waals surface area contributed by atoms with Gasteiger partial charge in [0, 0.05) is 20.2 Å². The van der Waals surface area contributed by atoms with Crippen molar-refractivity contribution in [3.05, 3.63) is 200 Å². The van der Waals surface area contributed by atoms with Crippen LogP contribution in [0.4, 0.5) is 0 Å². The maximum absolute atomic E-state index is 5.80. The third-order valence-electron chi connectivity index (χ3n) is 12.8. The maximum atomic E-state index is 5.80. The van der Waals surface area contributed by atoms with Crippen LogP contribution >= 0.6 is 11.3 Å². The first-order valence-corrected chi connectivity index (χ1v) is 24.1. The third kappa shape index (κ3) is 4.84. The second-order valence-corrected chi connectivity index (χ2v) is 20.9. The Bertz CT molecular complexity index is 3960. The van der Waals surface area contributed by atoms with Crippen molar-refractivity contribution in [3.63, 3.8) is 0 Å². The lowest BCUT2D eigenvalue weighted by Gasteiger charge is -2.32. The number of imidazole rings is 4. The molecule has 300 valence electrons. The zero-order valence-electron chi connectivity index (χ0n) is 34.0. The molecule has 0 aliphatic heterocycles. The lowest BCUT2D eigenvalue weighted by atomic mass is 10.1. The molecule has 0 atom stereocenters. The number of fused-ring (bicyclic) bond motifs is 13. The van der Waals surface area contributed by atoms with Gasteiger partial charge in [0.2, 0.25) is 31.5 Å². The van der Waals surface area contributed by atoms with Crippen LogP contribution in [0.15, 0.2) is 200 Å². The Labute approximate surface area is 369 Å². The zero-order chi connectivity index (χ0) is 41.9. The van der Waals surface area contributed by atoms with Gasteiger partial charge in [-0.2, -0.15) is 4.98 Å². The first kappa shape index (κ1) is 35.4. The van der Waals surface area contributed by atoms with E-state index in [2.05, 4.69) is 206 Å². The molecule has 0 fully saturated rings. The molecule has 0 aliphatic carbocycles. The van der Waals surface area contributed by atoms with Gasteiger partial charge in [-0.05, 0) is 76.2 Å². The Morgan fingerprint density at radius 1 is 0.344 bits per heavy atom. The molecule has 0 N–H and O–H groups in total. The molecule has 0 saturated carbocycles. The van der Waals surface area contributed by atoms with E-state index < -0.39 is 8.07 Å². The van der Waals surface area contributed by atoms with E-state index in [9.17, 15) is 0 Å². The fourth-order valence-electron chi connectivity index (χ4n) is 10.0. The van der Waals surface area contributed by atoms with Crippen LogP contribution in [0, 0.1) is 0 Å². The molecular formula is C53H33N9SSi. The van der Waals surface area contributed by atoms with Gasteiger partial charge in [0.1, 0.15) is 5.45 Å². The van der Waals surface area contributed by atoms with Gasteiger partial charge >= 0.3 is 0 Å². The first-order valence-electron chi connectivity index (χ1n) is 21.3. The molecule has 11 heteroatoms. The summed E-state index contributed by atoms with van der Waals surface area (Å²) in [4.78, 5) is 27.7. The fourth-order valence-corrected chi connectivity index (χ4v) is 15.5. The summed E-state index contributed by atoms with van der Waals surface area (Å²) < 4.78 is 11.2. The van der Waals surface area contributed by atoms with E-state index in [1.165, 1.54) is 25.4 Å². The van der Waals surface area contributed by atoms with Gasteiger partial charge in [0.05, 0.1) is 44.1 Å². The van der Waals surface area contributed by atoms with Crippen LogP contribution in [0.1, 0.15) is 0 Å². The van der Waals surface area contributed by atoms with Crippen LogP contribution in [0.2, 0.25) is 0 Å².